The lowest BCUT2D eigenvalue weighted by Gasteiger charge is -2.60. The van der Waals surface area contributed by atoms with Gasteiger partial charge in [-0.15, -0.1) is 0 Å². The van der Waals surface area contributed by atoms with E-state index in [1.165, 1.54) is 44.9 Å². The third-order valence-electron chi connectivity index (χ3n) is 8.93. The third-order valence-corrected chi connectivity index (χ3v) is 8.93. The van der Waals surface area contributed by atoms with Crippen LogP contribution in [0.1, 0.15) is 78.6 Å². The van der Waals surface area contributed by atoms with E-state index in [9.17, 15) is 10.0 Å². The fraction of sp³-hybridized carbons (Fsp3) is 0.905. The van der Waals surface area contributed by atoms with Crippen LogP contribution in [0.2, 0.25) is 0 Å². The van der Waals surface area contributed by atoms with Crippen LogP contribution in [-0.4, -0.2) is 22.9 Å². The molecule has 4 nitrogen and oxygen atoms in total. The van der Waals surface area contributed by atoms with Gasteiger partial charge in [0.15, 0.2) is 0 Å². The Hall–Kier alpha value is -1.06. The molecule has 0 aromatic carbocycles. The van der Waals surface area contributed by atoms with Crippen molar-refractivity contribution in [3.8, 4) is 0 Å². The van der Waals surface area contributed by atoms with Crippen molar-refractivity contribution in [1.82, 2.24) is 5.32 Å². The normalized spacial score (nSPS) is 50.7. The average Bonchev–Trinajstić information content (AvgIpc) is 2.91. The summed E-state index contributed by atoms with van der Waals surface area (Å²) in [6, 6.07) is 0.389. The van der Waals surface area contributed by atoms with Crippen molar-refractivity contribution in [2.75, 3.05) is 0 Å². The molecule has 4 saturated carbocycles. The van der Waals surface area contributed by atoms with Crippen LogP contribution in [0.15, 0.2) is 5.16 Å². The van der Waals surface area contributed by atoms with E-state index >= 15 is 0 Å². The lowest BCUT2D eigenvalue weighted by atomic mass is 9.45. The van der Waals surface area contributed by atoms with Gasteiger partial charge in [-0.1, -0.05) is 19.0 Å². The standard InChI is InChI=1S/C21H34N2O2/c1-13(24)22-15-8-10-20(2)14(12-15)4-5-16-17-6-7-19(23-25)21(17,3)11-9-18(16)20/h14-18,25H,4-12H2,1-3H3,(H,22,24)/b23-19+/t14-,15+,16-,17-,18-,20-,21-/m0/s1. The molecule has 0 unspecified atom stereocenters. The SMILES string of the molecule is CC(=O)N[C@@H]1CC[C@@]2(C)[C@@H](CC[C@@H]3[C@@H]2CC[C@]2(C)/C(=N/O)CC[C@@H]32)C1. The molecule has 4 aliphatic carbocycles. The van der Waals surface area contributed by atoms with Gasteiger partial charge in [0.1, 0.15) is 0 Å². The Labute approximate surface area is 151 Å². The Kier molecular flexibility index (Phi) is 4.16. The van der Waals surface area contributed by atoms with Crippen LogP contribution in [-0.2, 0) is 4.79 Å². The molecule has 0 aromatic rings. The maximum Gasteiger partial charge on any atom is 0.217 e. The summed E-state index contributed by atoms with van der Waals surface area (Å²) in [5.74, 6) is 3.22. The predicted octanol–water partition coefficient (Wildman–Crippen LogP) is 4.36. The van der Waals surface area contributed by atoms with E-state index < -0.39 is 0 Å². The van der Waals surface area contributed by atoms with Crippen LogP contribution in [0.4, 0.5) is 0 Å². The zero-order valence-corrected chi connectivity index (χ0v) is 16.1. The highest BCUT2D eigenvalue weighted by atomic mass is 16.4. The number of amides is 1. The molecule has 2 N–H and O–H groups in total. The molecule has 0 bridgehead atoms. The highest BCUT2D eigenvalue weighted by Crippen LogP contribution is 2.65. The molecule has 4 aliphatic rings. The van der Waals surface area contributed by atoms with E-state index in [0.29, 0.717) is 17.4 Å². The van der Waals surface area contributed by atoms with Crippen molar-refractivity contribution < 1.29 is 10.0 Å². The molecule has 4 rings (SSSR count). The zero-order chi connectivity index (χ0) is 17.8. The van der Waals surface area contributed by atoms with Crippen molar-refractivity contribution in [3.63, 3.8) is 0 Å². The summed E-state index contributed by atoms with van der Waals surface area (Å²) in [4.78, 5) is 11.5. The van der Waals surface area contributed by atoms with Gasteiger partial charge >= 0.3 is 0 Å². The van der Waals surface area contributed by atoms with Gasteiger partial charge in [0, 0.05) is 18.4 Å². The molecule has 0 aromatic heterocycles. The van der Waals surface area contributed by atoms with Gasteiger partial charge in [-0.3, -0.25) is 4.79 Å². The van der Waals surface area contributed by atoms with Gasteiger partial charge in [0.25, 0.3) is 0 Å². The summed E-state index contributed by atoms with van der Waals surface area (Å²) in [7, 11) is 0. The Morgan fingerprint density at radius 1 is 1.12 bits per heavy atom. The molecule has 0 aliphatic heterocycles. The number of nitrogens with zero attached hydrogens (tertiary/aromatic N) is 1. The van der Waals surface area contributed by atoms with Gasteiger partial charge in [-0.05, 0) is 86.9 Å². The minimum absolute atomic E-state index is 0.123. The fourth-order valence-electron chi connectivity index (χ4n) is 7.63. The number of carbonyl (C=O) groups excluding carboxylic acids is 1. The van der Waals surface area contributed by atoms with Gasteiger partial charge in [-0.2, -0.15) is 0 Å². The van der Waals surface area contributed by atoms with Crippen molar-refractivity contribution >= 4 is 11.6 Å². The molecule has 140 valence electrons. The molecule has 25 heavy (non-hydrogen) atoms. The number of rotatable bonds is 1. The molecule has 4 fully saturated rings. The minimum Gasteiger partial charge on any atom is -0.411 e. The van der Waals surface area contributed by atoms with Crippen LogP contribution < -0.4 is 5.32 Å². The summed E-state index contributed by atoms with van der Waals surface area (Å²) >= 11 is 0. The number of oxime groups is 1. The maximum absolute atomic E-state index is 11.5. The topological polar surface area (TPSA) is 61.7 Å². The zero-order valence-electron chi connectivity index (χ0n) is 16.1. The maximum atomic E-state index is 11.5. The van der Waals surface area contributed by atoms with E-state index in [0.717, 1.165) is 36.3 Å². The molecule has 0 saturated heterocycles. The summed E-state index contributed by atoms with van der Waals surface area (Å²) in [5, 5.41) is 16.3. The van der Waals surface area contributed by atoms with E-state index in [1.807, 2.05) is 0 Å². The number of fused-ring (bicyclic) bond motifs is 5. The van der Waals surface area contributed by atoms with E-state index in [2.05, 4.69) is 24.3 Å². The molecular formula is C21H34N2O2. The van der Waals surface area contributed by atoms with Gasteiger partial charge in [-0.25, -0.2) is 0 Å². The average molecular weight is 347 g/mol. The molecule has 1 amide bonds. The van der Waals surface area contributed by atoms with E-state index in [1.54, 1.807) is 6.92 Å². The first-order valence-electron chi connectivity index (χ1n) is 10.4. The first-order valence-corrected chi connectivity index (χ1v) is 10.4. The number of hydrogen-bond acceptors (Lipinski definition) is 3. The van der Waals surface area contributed by atoms with E-state index in [-0.39, 0.29) is 11.3 Å². The molecule has 0 heterocycles. The van der Waals surface area contributed by atoms with Crippen LogP contribution >= 0.6 is 0 Å². The van der Waals surface area contributed by atoms with Gasteiger partial charge < -0.3 is 10.5 Å². The second-order valence-corrected chi connectivity index (χ2v) is 9.87. The lowest BCUT2D eigenvalue weighted by molar-refractivity contribution is -0.122. The Morgan fingerprint density at radius 3 is 2.64 bits per heavy atom. The van der Waals surface area contributed by atoms with Gasteiger partial charge in [0.05, 0.1) is 5.71 Å². The third kappa shape index (κ3) is 2.54. The fourth-order valence-corrected chi connectivity index (χ4v) is 7.63. The van der Waals surface area contributed by atoms with Crippen molar-refractivity contribution in [2.45, 2.75) is 84.6 Å². The molecular weight excluding hydrogens is 312 g/mol. The second kappa shape index (κ2) is 5.99. The summed E-state index contributed by atoms with van der Waals surface area (Å²) in [6.07, 6.45) is 10.9. The highest BCUT2D eigenvalue weighted by Gasteiger charge is 2.59. The molecule has 0 radical (unpaired) electrons. The smallest absolute Gasteiger partial charge is 0.217 e. The van der Waals surface area contributed by atoms with Crippen molar-refractivity contribution in [2.24, 2.45) is 39.7 Å². The molecule has 4 heteroatoms. The van der Waals surface area contributed by atoms with Gasteiger partial charge in [0.2, 0.25) is 5.91 Å². The largest absolute Gasteiger partial charge is 0.411 e. The van der Waals surface area contributed by atoms with Crippen molar-refractivity contribution in [3.05, 3.63) is 0 Å². The Bertz CT molecular complexity index is 588. The number of nitrogens with one attached hydrogen (secondary N) is 1. The summed E-state index contributed by atoms with van der Waals surface area (Å²) < 4.78 is 0. The van der Waals surface area contributed by atoms with Crippen LogP contribution in [0.25, 0.3) is 0 Å². The van der Waals surface area contributed by atoms with E-state index in [4.69, 9.17) is 0 Å². The molecule has 0 spiro atoms. The second-order valence-electron chi connectivity index (χ2n) is 9.87. The summed E-state index contributed by atoms with van der Waals surface area (Å²) in [6.45, 7) is 6.56. The first kappa shape index (κ1) is 17.4. The molecule has 7 atom stereocenters. The number of hydrogen-bond donors (Lipinski definition) is 2. The minimum atomic E-state index is 0.123. The highest BCUT2D eigenvalue weighted by molar-refractivity contribution is 5.91. The predicted molar refractivity (Wildman–Crippen MR) is 98.6 cm³/mol. The lowest BCUT2D eigenvalue weighted by Crippen LogP contribution is -2.55. The van der Waals surface area contributed by atoms with Crippen molar-refractivity contribution in [1.29, 1.82) is 0 Å². The Balaban J connectivity index is 1.55. The van der Waals surface area contributed by atoms with Crippen LogP contribution in [0.5, 0.6) is 0 Å². The first-order chi connectivity index (χ1) is 11.9. The van der Waals surface area contributed by atoms with Crippen LogP contribution in [0, 0.1) is 34.5 Å². The quantitative estimate of drug-likeness (QED) is 0.547. The Morgan fingerprint density at radius 2 is 1.92 bits per heavy atom. The van der Waals surface area contributed by atoms with Crippen LogP contribution in [0.3, 0.4) is 0 Å². The summed E-state index contributed by atoms with van der Waals surface area (Å²) in [5.41, 5.74) is 1.66. The monoisotopic (exact) mass is 346 g/mol. The number of carbonyl (C=O) groups is 1.